The summed E-state index contributed by atoms with van der Waals surface area (Å²) in [6.07, 6.45) is 4.96. The van der Waals surface area contributed by atoms with Gasteiger partial charge in [-0.05, 0) is 67.1 Å². The van der Waals surface area contributed by atoms with Crippen LogP contribution in [0.25, 0.3) is 23.0 Å². The van der Waals surface area contributed by atoms with E-state index in [1.807, 2.05) is 43.5 Å². The number of urea groups is 1. The lowest BCUT2D eigenvalue weighted by molar-refractivity contribution is -0.117. The molecule has 1 heterocycles. The Bertz CT molecular complexity index is 1350. The number of benzene rings is 3. The number of nitrogens with zero attached hydrogens (tertiary/aromatic N) is 2. The summed E-state index contributed by atoms with van der Waals surface area (Å²) >= 11 is 0. The van der Waals surface area contributed by atoms with Gasteiger partial charge in [0.15, 0.2) is 0 Å². The second-order valence-electron chi connectivity index (χ2n) is 7.89. The van der Waals surface area contributed by atoms with Gasteiger partial charge in [0.2, 0.25) is 5.91 Å². The average Bonchev–Trinajstić information content (AvgIpc) is 3.28. The van der Waals surface area contributed by atoms with Gasteiger partial charge in [-0.1, -0.05) is 30.3 Å². The Balaban J connectivity index is 1.53. The highest BCUT2D eigenvalue weighted by Crippen LogP contribution is 2.25. The average molecular weight is 470 g/mol. The zero-order valence-electron chi connectivity index (χ0n) is 19.0. The molecule has 7 nitrogen and oxygen atoms in total. The van der Waals surface area contributed by atoms with E-state index in [1.165, 1.54) is 18.2 Å². The molecule has 0 saturated carbocycles. The summed E-state index contributed by atoms with van der Waals surface area (Å²) in [4.78, 5) is 23.6. The van der Waals surface area contributed by atoms with Crippen LogP contribution in [0.1, 0.15) is 24.1 Å². The molecule has 0 fully saturated rings. The molecule has 0 bridgehead atoms. The molecular formula is C27H24FN5O2. The third kappa shape index (κ3) is 6.00. The first kappa shape index (κ1) is 23.4. The summed E-state index contributed by atoms with van der Waals surface area (Å²) in [7, 11) is 0. The first-order valence-electron chi connectivity index (χ1n) is 10.9. The van der Waals surface area contributed by atoms with Gasteiger partial charge in [-0.25, -0.2) is 13.9 Å². The molecule has 0 saturated heterocycles. The van der Waals surface area contributed by atoms with Crippen LogP contribution < -0.4 is 16.4 Å². The van der Waals surface area contributed by atoms with Gasteiger partial charge >= 0.3 is 6.03 Å². The van der Waals surface area contributed by atoms with E-state index in [1.54, 1.807) is 47.2 Å². The van der Waals surface area contributed by atoms with Crippen molar-refractivity contribution in [3.8, 4) is 16.9 Å². The van der Waals surface area contributed by atoms with Gasteiger partial charge in [0.25, 0.3) is 0 Å². The van der Waals surface area contributed by atoms with Crippen molar-refractivity contribution in [3.05, 3.63) is 108 Å². The number of rotatable bonds is 7. The minimum absolute atomic E-state index is 0.265. The number of primary amides is 1. The Morgan fingerprint density at radius 1 is 1.00 bits per heavy atom. The third-order valence-corrected chi connectivity index (χ3v) is 5.33. The summed E-state index contributed by atoms with van der Waals surface area (Å²) in [5.41, 5.74) is 9.50. The van der Waals surface area contributed by atoms with Gasteiger partial charge in [-0.3, -0.25) is 4.79 Å². The van der Waals surface area contributed by atoms with Crippen LogP contribution in [0.3, 0.4) is 0 Å². The number of hydrogen-bond donors (Lipinski definition) is 3. The highest BCUT2D eigenvalue weighted by molar-refractivity contribution is 5.93. The zero-order chi connectivity index (χ0) is 24.8. The number of para-hydroxylation sites is 1. The lowest BCUT2D eigenvalue weighted by atomic mass is 10.1. The van der Waals surface area contributed by atoms with E-state index < -0.39 is 6.03 Å². The normalized spacial score (nSPS) is 11.8. The predicted octanol–water partition coefficient (Wildman–Crippen LogP) is 5.06. The van der Waals surface area contributed by atoms with E-state index in [2.05, 4.69) is 15.7 Å². The van der Waals surface area contributed by atoms with E-state index in [-0.39, 0.29) is 17.8 Å². The summed E-state index contributed by atoms with van der Waals surface area (Å²) < 4.78 is 15.2. The Labute approximate surface area is 202 Å². The molecule has 0 aliphatic heterocycles. The van der Waals surface area contributed by atoms with Crippen molar-refractivity contribution < 1.29 is 14.0 Å². The van der Waals surface area contributed by atoms with Crippen LogP contribution in [0.15, 0.2) is 91.1 Å². The SMILES string of the molecule is CC(NC(=O)/C=C/c1cn(-c2ccccc2)nc1-c1ccc(F)cc1)c1ccc(NC(N)=O)cc1. The number of nitrogens with one attached hydrogen (secondary N) is 2. The van der Waals surface area contributed by atoms with Crippen LogP contribution in [0.4, 0.5) is 14.9 Å². The molecule has 35 heavy (non-hydrogen) atoms. The van der Waals surface area contributed by atoms with Crippen molar-refractivity contribution in [1.29, 1.82) is 0 Å². The first-order chi connectivity index (χ1) is 16.9. The Kier molecular flexibility index (Phi) is 7.02. The molecule has 4 aromatic rings. The lowest BCUT2D eigenvalue weighted by Crippen LogP contribution is -2.24. The molecule has 8 heteroatoms. The standard InChI is InChI=1S/C27H24FN5O2/c1-18(19-9-14-23(15-10-19)31-27(29)35)30-25(34)16-11-21-17-33(24-5-3-2-4-6-24)32-26(21)20-7-12-22(28)13-8-20/h2-18H,1H3,(H,30,34)(H3,29,31,35)/b16-11+. The molecule has 3 amide bonds. The van der Waals surface area contributed by atoms with Gasteiger partial charge in [-0.15, -0.1) is 0 Å². The Morgan fingerprint density at radius 3 is 2.34 bits per heavy atom. The number of amides is 3. The maximum absolute atomic E-state index is 13.4. The lowest BCUT2D eigenvalue weighted by Gasteiger charge is -2.13. The molecule has 3 aromatic carbocycles. The fraction of sp³-hybridized carbons (Fsp3) is 0.0741. The van der Waals surface area contributed by atoms with Gasteiger partial charge in [0.1, 0.15) is 5.82 Å². The van der Waals surface area contributed by atoms with Gasteiger partial charge in [-0.2, -0.15) is 5.10 Å². The van der Waals surface area contributed by atoms with Crippen molar-refractivity contribution in [2.24, 2.45) is 5.73 Å². The summed E-state index contributed by atoms with van der Waals surface area (Å²) in [6, 6.07) is 21.8. The monoisotopic (exact) mass is 469 g/mol. The number of nitrogens with two attached hydrogens (primary N) is 1. The molecule has 0 aliphatic rings. The quantitative estimate of drug-likeness (QED) is 0.330. The van der Waals surface area contributed by atoms with E-state index in [0.717, 1.165) is 16.8 Å². The predicted molar refractivity (Wildman–Crippen MR) is 134 cm³/mol. The van der Waals surface area contributed by atoms with Crippen LogP contribution in [-0.4, -0.2) is 21.7 Å². The molecule has 4 rings (SSSR count). The minimum Gasteiger partial charge on any atom is -0.351 e. The molecule has 4 N–H and O–H groups in total. The molecular weight excluding hydrogens is 445 g/mol. The smallest absolute Gasteiger partial charge is 0.316 e. The molecule has 1 unspecified atom stereocenters. The van der Waals surface area contributed by atoms with E-state index in [9.17, 15) is 14.0 Å². The summed E-state index contributed by atoms with van der Waals surface area (Å²) in [5.74, 6) is -0.616. The number of carbonyl (C=O) groups is 2. The van der Waals surface area contributed by atoms with Crippen molar-refractivity contribution in [3.63, 3.8) is 0 Å². The molecule has 0 aliphatic carbocycles. The van der Waals surface area contributed by atoms with Gasteiger partial charge in [0.05, 0.1) is 17.4 Å². The van der Waals surface area contributed by atoms with E-state index >= 15 is 0 Å². The summed E-state index contributed by atoms with van der Waals surface area (Å²) in [6.45, 7) is 1.86. The van der Waals surface area contributed by atoms with Crippen LogP contribution >= 0.6 is 0 Å². The molecule has 1 atom stereocenters. The van der Waals surface area contributed by atoms with Crippen LogP contribution in [0, 0.1) is 5.82 Å². The molecule has 176 valence electrons. The number of carbonyl (C=O) groups excluding carboxylic acids is 2. The van der Waals surface area contributed by atoms with E-state index in [4.69, 9.17) is 5.73 Å². The number of hydrogen-bond acceptors (Lipinski definition) is 3. The van der Waals surface area contributed by atoms with Crippen LogP contribution in [0.2, 0.25) is 0 Å². The van der Waals surface area contributed by atoms with Crippen molar-refractivity contribution in [2.45, 2.75) is 13.0 Å². The summed E-state index contributed by atoms with van der Waals surface area (Å²) in [5, 5.41) is 10.1. The van der Waals surface area contributed by atoms with E-state index in [0.29, 0.717) is 16.9 Å². The second kappa shape index (κ2) is 10.5. The molecule has 0 radical (unpaired) electrons. The van der Waals surface area contributed by atoms with Crippen molar-refractivity contribution in [1.82, 2.24) is 15.1 Å². The molecule has 0 spiro atoms. The highest BCUT2D eigenvalue weighted by atomic mass is 19.1. The minimum atomic E-state index is -0.639. The maximum Gasteiger partial charge on any atom is 0.316 e. The topological polar surface area (TPSA) is 102 Å². The fourth-order valence-electron chi connectivity index (χ4n) is 3.56. The van der Waals surface area contributed by atoms with Gasteiger partial charge in [0, 0.05) is 29.1 Å². The highest BCUT2D eigenvalue weighted by Gasteiger charge is 2.12. The number of halogens is 1. The van der Waals surface area contributed by atoms with Crippen LogP contribution in [0.5, 0.6) is 0 Å². The van der Waals surface area contributed by atoms with Gasteiger partial charge < -0.3 is 16.4 Å². The van der Waals surface area contributed by atoms with Crippen molar-refractivity contribution in [2.75, 3.05) is 5.32 Å². The molecule has 1 aromatic heterocycles. The Hall–Kier alpha value is -4.72. The second-order valence-corrected chi connectivity index (χ2v) is 7.89. The fourth-order valence-corrected chi connectivity index (χ4v) is 3.56. The van der Waals surface area contributed by atoms with Crippen molar-refractivity contribution >= 4 is 23.7 Å². The Morgan fingerprint density at radius 2 is 1.69 bits per heavy atom. The third-order valence-electron chi connectivity index (χ3n) is 5.33. The zero-order valence-corrected chi connectivity index (χ0v) is 19.0. The largest absolute Gasteiger partial charge is 0.351 e. The van der Waals surface area contributed by atoms with Crippen LogP contribution in [-0.2, 0) is 4.79 Å². The maximum atomic E-state index is 13.4. The number of aromatic nitrogens is 2. The number of anilines is 1. The first-order valence-corrected chi connectivity index (χ1v) is 10.9.